The number of nitrogens with one attached hydrogen (secondary N) is 2. The lowest BCUT2D eigenvalue weighted by Gasteiger charge is -2.37. The summed E-state index contributed by atoms with van der Waals surface area (Å²) in [5.74, 6) is -0.252. The number of methoxy groups -OCH3 is 1. The summed E-state index contributed by atoms with van der Waals surface area (Å²) in [6.07, 6.45) is 10.4. The lowest BCUT2D eigenvalue weighted by molar-refractivity contribution is -0.433. The highest BCUT2D eigenvalue weighted by atomic mass is 16.5. The van der Waals surface area contributed by atoms with Crippen LogP contribution in [0.3, 0.4) is 0 Å². The predicted octanol–water partition coefficient (Wildman–Crippen LogP) is 11.1. The molecule has 2 aliphatic rings. The number of ether oxygens (including phenoxy) is 3. The Morgan fingerprint density at radius 1 is 0.704 bits per heavy atom. The Hall–Kier alpha value is -6.78. The van der Waals surface area contributed by atoms with Crippen molar-refractivity contribution in [1.29, 1.82) is 0 Å². The van der Waals surface area contributed by atoms with Gasteiger partial charge >= 0.3 is 5.97 Å². The van der Waals surface area contributed by atoms with Gasteiger partial charge < -0.3 is 29.7 Å². The summed E-state index contributed by atoms with van der Waals surface area (Å²) in [5, 5.41) is 5.70. The summed E-state index contributed by atoms with van der Waals surface area (Å²) in [7, 11) is 3.19. The zero-order chi connectivity index (χ0) is 50.4. The number of carbonyl (C=O) groups is 3. The highest BCUT2D eigenvalue weighted by Crippen LogP contribution is 2.48. The molecule has 2 aliphatic heterocycles. The summed E-state index contributed by atoms with van der Waals surface area (Å²) in [6, 6.07) is 45.5. The molecule has 0 aliphatic carbocycles. The van der Waals surface area contributed by atoms with E-state index in [0.29, 0.717) is 19.4 Å². The summed E-state index contributed by atoms with van der Waals surface area (Å²) >= 11 is 0. The quantitative estimate of drug-likeness (QED) is 0.0274. The van der Waals surface area contributed by atoms with Gasteiger partial charge in [0.1, 0.15) is 17.9 Å². The fourth-order valence-corrected chi connectivity index (χ4v) is 10.3. The second-order valence-corrected chi connectivity index (χ2v) is 19.6. The summed E-state index contributed by atoms with van der Waals surface area (Å²) in [4.78, 5) is 40.7. The molecule has 0 spiro atoms. The van der Waals surface area contributed by atoms with Gasteiger partial charge in [0, 0.05) is 73.4 Å². The number of hydrogen-bond acceptors (Lipinski definition) is 7. The molecule has 0 radical (unpaired) electrons. The highest BCUT2D eigenvalue weighted by molar-refractivity contribution is 6.03. The van der Waals surface area contributed by atoms with E-state index in [9.17, 15) is 14.4 Å². The molecule has 1 unspecified atom stereocenters. The topological polar surface area (TPSA) is 109 Å². The summed E-state index contributed by atoms with van der Waals surface area (Å²) < 4.78 is 20.9. The number of hydrogen-bond donors (Lipinski definition) is 2. The average Bonchev–Trinajstić information content (AvgIpc) is 3.75. The molecule has 372 valence electrons. The molecule has 5 aromatic rings. The van der Waals surface area contributed by atoms with Crippen molar-refractivity contribution in [1.82, 2.24) is 10.6 Å². The van der Waals surface area contributed by atoms with E-state index in [-0.39, 0.29) is 54.6 Å². The molecule has 2 amide bonds. The molecule has 0 fully saturated rings. The van der Waals surface area contributed by atoms with Crippen LogP contribution in [0.5, 0.6) is 5.75 Å². The van der Waals surface area contributed by atoms with Crippen LogP contribution in [-0.2, 0) is 40.3 Å². The molecule has 71 heavy (non-hydrogen) atoms. The predicted molar refractivity (Wildman–Crippen MR) is 285 cm³/mol. The minimum Gasteiger partial charge on any atom is -0.497 e. The van der Waals surface area contributed by atoms with E-state index in [1.807, 2.05) is 60.7 Å². The van der Waals surface area contributed by atoms with Crippen LogP contribution in [0.4, 0.5) is 11.4 Å². The number of benzene rings is 5. The number of amides is 2. The first-order chi connectivity index (χ1) is 34.3. The van der Waals surface area contributed by atoms with E-state index in [0.717, 1.165) is 54.8 Å². The second kappa shape index (κ2) is 23.9. The Balaban J connectivity index is 0.988. The van der Waals surface area contributed by atoms with E-state index in [1.54, 1.807) is 14.2 Å². The zero-order valence-corrected chi connectivity index (χ0v) is 42.8. The van der Waals surface area contributed by atoms with Gasteiger partial charge in [-0.05, 0) is 86.6 Å². The molecule has 5 aromatic carbocycles. The maximum Gasteiger partial charge on any atom is 0.306 e. The third-order valence-corrected chi connectivity index (χ3v) is 14.3. The van der Waals surface area contributed by atoms with E-state index < -0.39 is 11.6 Å². The van der Waals surface area contributed by atoms with Crippen LogP contribution in [0.2, 0.25) is 0 Å². The van der Waals surface area contributed by atoms with Crippen LogP contribution >= 0.6 is 0 Å². The molecule has 0 saturated carbocycles. The van der Waals surface area contributed by atoms with Gasteiger partial charge in [0.15, 0.2) is 5.71 Å². The number of esters is 1. The van der Waals surface area contributed by atoms with E-state index >= 15 is 0 Å². The van der Waals surface area contributed by atoms with E-state index in [2.05, 4.69) is 146 Å². The van der Waals surface area contributed by atoms with Crippen molar-refractivity contribution in [2.45, 2.75) is 96.0 Å². The highest BCUT2D eigenvalue weighted by Gasteiger charge is 2.44. The van der Waals surface area contributed by atoms with Gasteiger partial charge in [-0.3, -0.25) is 14.4 Å². The maximum atomic E-state index is 13.4. The SMILES string of the molecule is CC[N+]1=C(/C=C/C=C2/N(CCCCCC(=O)NCCC(COC(=O)CCC(=O)NC)COC(c3ccccc3)(c3ccccc3)c3ccc(OC)cc3)c3ccccc3C2(C)C)C(C)(C)c2ccccc21. The van der Waals surface area contributed by atoms with Crippen molar-refractivity contribution in [3.05, 3.63) is 185 Å². The minimum atomic E-state index is -1.02. The normalized spacial score (nSPS) is 15.6. The fourth-order valence-electron chi connectivity index (χ4n) is 10.3. The molecule has 0 aromatic heterocycles. The third-order valence-electron chi connectivity index (χ3n) is 14.3. The zero-order valence-electron chi connectivity index (χ0n) is 42.8. The number of para-hydroxylation sites is 2. The minimum absolute atomic E-state index is 0.0117. The lowest BCUT2D eigenvalue weighted by Crippen LogP contribution is -2.36. The number of unbranched alkanes of at least 4 members (excludes halogenated alkanes) is 2. The van der Waals surface area contributed by atoms with Gasteiger partial charge in [-0.1, -0.05) is 136 Å². The second-order valence-electron chi connectivity index (χ2n) is 19.6. The molecule has 10 heteroatoms. The van der Waals surface area contributed by atoms with Gasteiger partial charge in [0.25, 0.3) is 0 Å². The van der Waals surface area contributed by atoms with Crippen LogP contribution in [-0.4, -0.2) is 75.1 Å². The van der Waals surface area contributed by atoms with Crippen LogP contribution in [0.1, 0.15) is 107 Å². The Labute approximate surface area is 421 Å². The van der Waals surface area contributed by atoms with Crippen molar-refractivity contribution in [3.63, 3.8) is 0 Å². The van der Waals surface area contributed by atoms with Crippen LogP contribution in [0.25, 0.3) is 0 Å². The van der Waals surface area contributed by atoms with E-state index in [4.69, 9.17) is 14.2 Å². The lowest BCUT2D eigenvalue weighted by atomic mass is 9.80. The van der Waals surface area contributed by atoms with Gasteiger partial charge in [-0.2, -0.15) is 4.58 Å². The number of rotatable bonds is 24. The number of carbonyl (C=O) groups excluding carboxylic acids is 3. The Kier molecular flexibility index (Phi) is 17.5. The van der Waals surface area contributed by atoms with Crippen molar-refractivity contribution in [3.8, 4) is 5.75 Å². The van der Waals surface area contributed by atoms with Crippen LogP contribution < -0.4 is 20.3 Å². The van der Waals surface area contributed by atoms with E-state index in [1.165, 1.54) is 33.9 Å². The number of allylic oxidation sites excluding steroid dienone is 4. The van der Waals surface area contributed by atoms with Gasteiger partial charge in [0.2, 0.25) is 17.5 Å². The first kappa shape index (κ1) is 52.1. The Bertz CT molecular complexity index is 2650. The monoisotopic (exact) mass is 958 g/mol. The summed E-state index contributed by atoms with van der Waals surface area (Å²) in [6.45, 7) is 13.9. The standard InChI is InChI=1S/C61H72N4O6/c1-8-64-52-29-19-17-27-50(52)59(2,3)54(64)31-22-32-55-60(4,5)51-28-18-20-30-53(51)65(55)42-21-11-16-33-57(67)63-41-40-45(43-70-58(68)39-38-56(66)62-6)44-71-61(46-23-12-9-13-24-46,47-25-14-10-15-26-47)48-34-36-49(69-7)37-35-48/h9-10,12-15,17-20,22-32,34-37,45H,8,11,16,21,33,38-44H2,1-7H3,(H-,62,63,66,67)/p+1. The average molecular weight is 958 g/mol. The first-order valence-corrected chi connectivity index (χ1v) is 25.4. The molecule has 2 N–H and O–H groups in total. The van der Waals surface area contributed by atoms with Crippen LogP contribution in [0.15, 0.2) is 157 Å². The van der Waals surface area contributed by atoms with Crippen molar-refractivity contribution in [2.75, 3.05) is 51.9 Å². The molecular formula is C61H73N4O6+. The molecule has 7 rings (SSSR count). The fraction of sp³-hybridized carbons (Fsp3) is 0.377. The molecule has 0 bridgehead atoms. The maximum absolute atomic E-state index is 13.4. The van der Waals surface area contributed by atoms with Crippen molar-refractivity contribution in [2.24, 2.45) is 5.92 Å². The van der Waals surface area contributed by atoms with Crippen LogP contribution in [0, 0.1) is 5.92 Å². The number of anilines is 1. The number of nitrogens with zero attached hydrogens (tertiary/aromatic N) is 2. The molecule has 2 heterocycles. The third kappa shape index (κ3) is 11.9. The smallest absolute Gasteiger partial charge is 0.306 e. The van der Waals surface area contributed by atoms with Gasteiger partial charge in [-0.25, -0.2) is 0 Å². The van der Waals surface area contributed by atoms with Crippen molar-refractivity contribution < 1.29 is 33.2 Å². The Morgan fingerprint density at radius 2 is 1.34 bits per heavy atom. The van der Waals surface area contributed by atoms with Crippen molar-refractivity contribution >= 4 is 34.9 Å². The summed E-state index contributed by atoms with van der Waals surface area (Å²) in [5.41, 5.74) is 9.28. The molecule has 0 saturated heterocycles. The molecule has 10 nitrogen and oxygen atoms in total. The van der Waals surface area contributed by atoms with Gasteiger partial charge in [0.05, 0.1) is 32.2 Å². The Morgan fingerprint density at radius 3 is 2.00 bits per heavy atom. The first-order valence-electron chi connectivity index (χ1n) is 25.4. The molecular weight excluding hydrogens is 885 g/mol. The van der Waals surface area contributed by atoms with Gasteiger partial charge in [-0.15, -0.1) is 0 Å². The molecule has 1 atom stereocenters. The largest absolute Gasteiger partial charge is 0.497 e. The number of fused-ring (bicyclic) bond motifs is 2.